The van der Waals surface area contributed by atoms with Gasteiger partial charge in [-0.3, -0.25) is 9.78 Å². The standard InChI is InChI=1S/C26H30ClN5O2/c1-25(2,3)15-8-9-17(33-7)18-20(15)32(31-24(18)28)12-13-10-14-19-22(23(27)30-29-19)34-21(14)16(11-13)26(4,5)6/h8-11H,12H2,1-7H3,(H2,28,31)(H,29,30). The van der Waals surface area contributed by atoms with E-state index in [1.54, 1.807) is 7.11 Å². The monoisotopic (exact) mass is 479 g/mol. The van der Waals surface area contributed by atoms with Crippen LogP contribution in [0.5, 0.6) is 5.75 Å². The Labute approximate surface area is 203 Å². The summed E-state index contributed by atoms with van der Waals surface area (Å²) in [5.41, 5.74) is 12.7. The van der Waals surface area contributed by atoms with Gasteiger partial charge in [-0.2, -0.15) is 10.2 Å². The molecule has 3 N–H and O–H groups in total. The number of ether oxygens (including phenoxy) is 1. The van der Waals surface area contributed by atoms with Crippen LogP contribution in [-0.2, 0) is 17.4 Å². The van der Waals surface area contributed by atoms with E-state index in [9.17, 15) is 0 Å². The summed E-state index contributed by atoms with van der Waals surface area (Å²) >= 11 is 6.26. The quantitative estimate of drug-likeness (QED) is 0.306. The Hall–Kier alpha value is -3.19. The Bertz CT molecular complexity index is 1560. The molecule has 0 fully saturated rings. The first kappa shape index (κ1) is 22.6. The van der Waals surface area contributed by atoms with Crippen LogP contribution >= 0.6 is 11.6 Å². The zero-order valence-corrected chi connectivity index (χ0v) is 21.4. The second-order valence-corrected chi connectivity index (χ2v) is 11.3. The molecule has 0 aliphatic carbocycles. The maximum atomic E-state index is 6.41. The van der Waals surface area contributed by atoms with E-state index in [4.69, 9.17) is 31.6 Å². The topological polar surface area (TPSA) is 94.9 Å². The zero-order valence-electron chi connectivity index (χ0n) is 20.6. The van der Waals surface area contributed by atoms with Crippen molar-refractivity contribution in [1.82, 2.24) is 20.0 Å². The highest BCUT2D eigenvalue weighted by molar-refractivity contribution is 6.34. The van der Waals surface area contributed by atoms with Gasteiger partial charge in [0.25, 0.3) is 0 Å². The van der Waals surface area contributed by atoms with E-state index >= 15 is 0 Å². The van der Waals surface area contributed by atoms with Crippen molar-refractivity contribution >= 4 is 50.4 Å². The van der Waals surface area contributed by atoms with Crippen LogP contribution < -0.4 is 10.5 Å². The first-order valence-corrected chi connectivity index (χ1v) is 11.7. The summed E-state index contributed by atoms with van der Waals surface area (Å²) in [4.78, 5) is 0. The van der Waals surface area contributed by atoms with Crippen molar-refractivity contribution < 1.29 is 9.15 Å². The number of nitrogens with one attached hydrogen (secondary N) is 1. The smallest absolute Gasteiger partial charge is 0.194 e. The number of methoxy groups -OCH3 is 1. The molecule has 0 bridgehead atoms. The summed E-state index contributed by atoms with van der Waals surface area (Å²) < 4.78 is 13.8. The van der Waals surface area contributed by atoms with E-state index in [0.717, 1.165) is 49.8 Å². The molecular formula is C26H30ClN5O2. The second-order valence-electron chi connectivity index (χ2n) is 10.9. The maximum Gasteiger partial charge on any atom is 0.194 e. The van der Waals surface area contributed by atoms with Crippen molar-refractivity contribution in [2.75, 3.05) is 12.8 Å². The lowest BCUT2D eigenvalue weighted by Gasteiger charge is -2.22. The number of furan rings is 1. The van der Waals surface area contributed by atoms with Gasteiger partial charge in [-0.25, -0.2) is 0 Å². The number of aromatic nitrogens is 4. The molecule has 0 atom stereocenters. The van der Waals surface area contributed by atoms with E-state index in [0.29, 0.717) is 23.1 Å². The fourth-order valence-corrected chi connectivity index (χ4v) is 4.88. The van der Waals surface area contributed by atoms with Crippen LogP contribution in [0, 0.1) is 0 Å². The fourth-order valence-electron chi connectivity index (χ4n) is 4.70. The van der Waals surface area contributed by atoms with Gasteiger partial charge in [0, 0.05) is 10.9 Å². The summed E-state index contributed by atoms with van der Waals surface area (Å²) in [5, 5.41) is 14.0. The number of benzene rings is 2. The molecule has 0 spiro atoms. The highest BCUT2D eigenvalue weighted by atomic mass is 35.5. The van der Waals surface area contributed by atoms with Crippen LogP contribution in [0.25, 0.3) is 33.0 Å². The van der Waals surface area contributed by atoms with Crippen LogP contribution in [-0.4, -0.2) is 27.1 Å². The molecule has 178 valence electrons. The van der Waals surface area contributed by atoms with Crippen LogP contribution in [0.2, 0.25) is 5.15 Å². The van der Waals surface area contributed by atoms with Gasteiger partial charge in [0.15, 0.2) is 16.6 Å². The van der Waals surface area contributed by atoms with Crippen molar-refractivity contribution in [3.63, 3.8) is 0 Å². The minimum absolute atomic E-state index is 0.0986. The summed E-state index contributed by atoms with van der Waals surface area (Å²) in [6.45, 7) is 13.6. The lowest BCUT2D eigenvalue weighted by atomic mass is 9.84. The molecule has 0 amide bonds. The molecule has 3 heterocycles. The number of anilines is 1. The Morgan fingerprint density at radius 1 is 1.06 bits per heavy atom. The molecule has 2 aromatic carbocycles. The van der Waals surface area contributed by atoms with Crippen LogP contribution in [0.1, 0.15) is 58.2 Å². The summed E-state index contributed by atoms with van der Waals surface area (Å²) in [7, 11) is 1.66. The average molecular weight is 480 g/mol. The highest BCUT2D eigenvalue weighted by Gasteiger charge is 2.26. The molecular weight excluding hydrogens is 450 g/mol. The SMILES string of the molecule is COc1ccc(C(C)(C)C)c2c1c(N)nn2Cc1cc(C(C)(C)C)c2oc3c(Cl)n[nH]c3c2c1. The van der Waals surface area contributed by atoms with Gasteiger partial charge in [0.2, 0.25) is 0 Å². The van der Waals surface area contributed by atoms with E-state index in [2.05, 4.69) is 69.9 Å². The highest BCUT2D eigenvalue weighted by Crippen LogP contribution is 2.41. The minimum Gasteiger partial charge on any atom is -0.496 e. The van der Waals surface area contributed by atoms with E-state index < -0.39 is 0 Å². The van der Waals surface area contributed by atoms with Crippen molar-refractivity contribution in [3.8, 4) is 5.75 Å². The van der Waals surface area contributed by atoms with Crippen molar-refractivity contribution in [3.05, 3.63) is 46.1 Å². The first-order valence-electron chi connectivity index (χ1n) is 11.3. The number of nitrogen functional groups attached to an aromatic ring is 1. The lowest BCUT2D eigenvalue weighted by molar-refractivity contribution is 0.419. The van der Waals surface area contributed by atoms with Crippen LogP contribution in [0.3, 0.4) is 0 Å². The Balaban J connectivity index is 1.77. The van der Waals surface area contributed by atoms with Gasteiger partial charge in [0.05, 0.1) is 24.6 Å². The molecule has 0 unspecified atom stereocenters. The Morgan fingerprint density at radius 2 is 1.76 bits per heavy atom. The number of hydrogen-bond donors (Lipinski definition) is 2. The Morgan fingerprint density at radius 3 is 2.41 bits per heavy atom. The normalized spacial score (nSPS) is 12.9. The molecule has 0 saturated carbocycles. The molecule has 0 aliphatic heterocycles. The van der Waals surface area contributed by atoms with Crippen molar-refractivity contribution in [1.29, 1.82) is 0 Å². The summed E-state index contributed by atoms with van der Waals surface area (Å²) in [5.74, 6) is 1.18. The zero-order chi connectivity index (χ0) is 24.6. The number of nitrogens with two attached hydrogens (primary N) is 1. The van der Waals surface area contributed by atoms with Crippen molar-refractivity contribution in [2.45, 2.75) is 58.9 Å². The lowest BCUT2D eigenvalue weighted by Crippen LogP contribution is -2.15. The van der Waals surface area contributed by atoms with Gasteiger partial charge in [0.1, 0.15) is 16.8 Å². The number of aromatic amines is 1. The molecule has 0 radical (unpaired) electrons. The number of nitrogens with zero attached hydrogens (tertiary/aromatic N) is 3. The summed E-state index contributed by atoms with van der Waals surface area (Å²) in [6, 6.07) is 8.38. The predicted molar refractivity (Wildman–Crippen MR) is 138 cm³/mol. The third-order valence-corrected chi connectivity index (χ3v) is 6.61. The van der Waals surface area contributed by atoms with E-state index in [1.807, 2.05) is 10.7 Å². The third kappa shape index (κ3) is 3.41. The number of H-pyrrole nitrogens is 1. The molecule has 3 aromatic heterocycles. The fraction of sp³-hybridized carbons (Fsp3) is 0.385. The van der Waals surface area contributed by atoms with E-state index in [1.165, 1.54) is 0 Å². The molecule has 0 saturated heterocycles. The molecule has 5 rings (SSSR count). The second kappa shape index (κ2) is 7.40. The van der Waals surface area contributed by atoms with E-state index in [-0.39, 0.29) is 10.8 Å². The van der Waals surface area contributed by atoms with Crippen LogP contribution in [0.15, 0.2) is 28.7 Å². The molecule has 7 nitrogen and oxygen atoms in total. The molecule has 0 aliphatic rings. The molecule has 8 heteroatoms. The average Bonchev–Trinajstić information content (AvgIpc) is 3.39. The summed E-state index contributed by atoms with van der Waals surface area (Å²) in [6.07, 6.45) is 0. The number of fused-ring (bicyclic) bond motifs is 4. The predicted octanol–water partition coefficient (Wildman–Crippen LogP) is 6.55. The largest absolute Gasteiger partial charge is 0.496 e. The van der Waals surface area contributed by atoms with Gasteiger partial charge in [-0.05, 0) is 40.2 Å². The van der Waals surface area contributed by atoms with Gasteiger partial charge < -0.3 is 14.9 Å². The number of rotatable bonds is 3. The number of hydrogen-bond acceptors (Lipinski definition) is 5. The van der Waals surface area contributed by atoms with Crippen molar-refractivity contribution in [2.24, 2.45) is 0 Å². The molecule has 34 heavy (non-hydrogen) atoms. The number of halogens is 1. The first-order chi connectivity index (χ1) is 15.9. The Kier molecular flexibility index (Phi) is 4.92. The maximum absolute atomic E-state index is 6.41. The molecule has 5 aromatic rings. The van der Waals surface area contributed by atoms with Gasteiger partial charge in [-0.15, -0.1) is 0 Å². The van der Waals surface area contributed by atoms with Gasteiger partial charge >= 0.3 is 0 Å². The van der Waals surface area contributed by atoms with Crippen LogP contribution in [0.4, 0.5) is 5.82 Å². The van der Waals surface area contributed by atoms with Gasteiger partial charge in [-0.1, -0.05) is 59.2 Å². The third-order valence-electron chi connectivity index (χ3n) is 6.35. The minimum atomic E-state index is -0.144.